The Morgan fingerprint density at radius 3 is 2.53 bits per heavy atom. The first-order valence-electron chi connectivity index (χ1n) is 6.06. The monoisotopic (exact) mass is 295 g/mol. The van der Waals surface area contributed by atoms with Crippen molar-refractivity contribution in [2.75, 3.05) is 0 Å². The standard InChI is InChI=1S/C13H15N2O2S2/c1-12(2)13(3,4)15(17)10(14(12)16)9-7-8-5-6-18-11(8)19-9/h5-7H,1-4H3. The van der Waals surface area contributed by atoms with Crippen LogP contribution < -0.4 is 0 Å². The number of thiophene rings is 2. The van der Waals surface area contributed by atoms with Crippen molar-refractivity contribution in [3.63, 3.8) is 0 Å². The topological polar surface area (TPSA) is 49.2 Å². The van der Waals surface area contributed by atoms with Gasteiger partial charge in [0.25, 0.3) is 0 Å². The van der Waals surface area contributed by atoms with Gasteiger partial charge in [0.2, 0.25) is 0 Å². The molecule has 6 heteroatoms. The van der Waals surface area contributed by atoms with E-state index in [9.17, 15) is 10.4 Å². The number of amidine groups is 1. The van der Waals surface area contributed by atoms with Crippen LogP contribution in [0.15, 0.2) is 17.5 Å². The maximum absolute atomic E-state index is 12.5. The molecule has 0 aliphatic carbocycles. The largest absolute Gasteiger partial charge is 0.714 e. The number of fused-ring (bicyclic) bond motifs is 1. The van der Waals surface area contributed by atoms with Crippen molar-refractivity contribution < 1.29 is 9.95 Å². The number of rotatable bonds is 1. The van der Waals surface area contributed by atoms with Crippen molar-refractivity contribution in [1.29, 1.82) is 0 Å². The Bertz CT molecular complexity index is 653. The zero-order valence-electron chi connectivity index (χ0n) is 11.3. The molecule has 1 aliphatic heterocycles. The summed E-state index contributed by atoms with van der Waals surface area (Å²) in [6, 6.07) is 3.94. The summed E-state index contributed by atoms with van der Waals surface area (Å²) in [5, 5.41) is 29.0. The van der Waals surface area contributed by atoms with Gasteiger partial charge in [0, 0.05) is 10.6 Å². The summed E-state index contributed by atoms with van der Waals surface area (Å²) in [6.45, 7) is 7.25. The summed E-state index contributed by atoms with van der Waals surface area (Å²) in [5.74, 6) is 0.239. The number of hydroxylamine groups is 3. The molecule has 2 aromatic heterocycles. The SMILES string of the molecule is CC1(C)N([O])C(c2cc3ccsc3s2)=[N+]([O-])C1(C)C. The highest BCUT2D eigenvalue weighted by atomic mass is 32.2. The van der Waals surface area contributed by atoms with Gasteiger partial charge in [0.15, 0.2) is 5.54 Å². The third-order valence-electron chi connectivity index (χ3n) is 4.27. The molecule has 2 aromatic rings. The summed E-state index contributed by atoms with van der Waals surface area (Å²) in [4.78, 5) is 0.755. The van der Waals surface area contributed by atoms with E-state index in [0.717, 1.165) is 24.1 Å². The van der Waals surface area contributed by atoms with Crippen LogP contribution in [-0.2, 0) is 5.21 Å². The van der Waals surface area contributed by atoms with Crippen LogP contribution in [0.1, 0.15) is 32.6 Å². The molecule has 0 atom stereocenters. The highest BCUT2D eigenvalue weighted by Crippen LogP contribution is 2.40. The molecule has 101 valence electrons. The average molecular weight is 295 g/mol. The first kappa shape index (κ1) is 12.9. The van der Waals surface area contributed by atoms with Crippen molar-refractivity contribution in [2.45, 2.75) is 38.8 Å². The second-order valence-electron chi connectivity index (χ2n) is 5.80. The zero-order valence-corrected chi connectivity index (χ0v) is 12.9. The number of hydrogen-bond donors (Lipinski definition) is 0. The van der Waals surface area contributed by atoms with Crippen LogP contribution in [0.5, 0.6) is 0 Å². The van der Waals surface area contributed by atoms with E-state index < -0.39 is 11.1 Å². The van der Waals surface area contributed by atoms with Crippen LogP contribution in [0, 0.1) is 5.21 Å². The van der Waals surface area contributed by atoms with E-state index in [1.165, 1.54) is 11.3 Å². The fourth-order valence-electron chi connectivity index (χ4n) is 2.19. The Kier molecular flexibility index (Phi) is 2.52. The van der Waals surface area contributed by atoms with E-state index >= 15 is 0 Å². The molecule has 0 N–H and O–H groups in total. The molecular formula is C13H15N2O2S2. The molecule has 0 saturated carbocycles. The fraction of sp³-hybridized carbons (Fsp3) is 0.462. The molecule has 1 aliphatic rings. The van der Waals surface area contributed by atoms with Gasteiger partial charge < -0.3 is 5.21 Å². The van der Waals surface area contributed by atoms with Crippen LogP contribution in [0.4, 0.5) is 0 Å². The molecule has 19 heavy (non-hydrogen) atoms. The number of hydrogen-bond acceptors (Lipinski definition) is 4. The van der Waals surface area contributed by atoms with Gasteiger partial charge in [-0.05, 0) is 45.2 Å². The third kappa shape index (κ3) is 1.50. The van der Waals surface area contributed by atoms with Gasteiger partial charge in [0.05, 0.1) is 4.01 Å². The summed E-state index contributed by atoms with van der Waals surface area (Å²) in [6.07, 6.45) is 0. The predicted molar refractivity (Wildman–Crippen MR) is 78.1 cm³/mol. The normalized spacial score (nSPS) is 21.6. The predicted octanol–water partition coefficient (Wildman–Crippen LogP) is 3.44. The van der Waals surface area contributed by atoms with Crippen LogP contribution in [0.25, 0.3) is 9.40 Å². The molecule has 0 unspecified atom stereocenters. The zero-order chi connectivity index (χ0) is 14.0. The smallest absolute Gasteiger partial charge is 0.326 e. The van der Waals surface area contributed by atoms with Crippen molar-refractivity contribution >= 4 is 37.9 Å². The van der Waals surface area contributed by atoms with E-state index in [-0.39, 0.29) is 5.84 Å². The van der Waals surface area contributed by atoms with E-state index in [1.54, 1.807) is 11.3 Å². The average Bonchev–Trinajstić information content (AvgIpc) is 2.91. The Morgan fingerprint density at radius 1 is 1.32 bits per heavy atom. The summed E-state index contributed by atoms with van der Waals surface area (Å²) >= 11 is 3.14. The van der Waals surface area contributed by atoms with Gasteiger partial charge in [-0.15, -0.1) is 22.7 Å². The molecule has 0 bridgehead atoms. The Hall–Kier alpha value is -1.11. The van der Waals surface area contributed by atoms with E-state index in [0.29, 0.717) is 0 Å². The lowest BCUT2D eigenvalue weighted by atomic mass is 9.84. The summed E-state index contributed by atoms with van der Waals surface area (Å²) in [7, 11) is 0. The minimum atomic E-state index is -0.749. The van der Waals surface area contributed by atoms with Crippen molar-refractivity contribution in [3.8, 4) is 0 Å². The first-order chi connectivity index (χ1) is 8.76. The van der Waals surface area contributed by atoms with Gasteiger partial charge in [-0.25, -0.2) is 0 Å². The van der Waals surface area contributed by atoms with Crippen molar-refractivity contribution in [1.82, 2.24) is 5.06 Å². The van der Waals surface area contributed by atoms with Gasteiger partial charge in [-0.2, -0.15) is 0 Å². The molecule has 0 aromatic carbocycles. The quantitative estimate of drug-likeness (QED) is 0.597. The van der Waals surface area contributed by atoms with Gasteiger partial charge in [0.1, 0.15) is 10.4 Å². The Labute approximate surface area is 119 Å². The lowest BCUT2D eigenvalue weighted by Gasteiger charge is -2.32. The molecule has 0 fully saturated rings. The third-order valence-corrected chi connectivity index (χ3v) is 6.47. The molecule has 0 amide bonds. The van der Waals surface area contributed by atoms with E-state index in [2.05, 4.69) is 0 Å². The van der Waals surface area contributed by atoms with E-state index in [1.807, 2.05) is 45.2 Å². The van der Waals surface area contributed by atoms with Crippen LogP contribution in [0.3, 0.4) is 0 Å². The number of nitrogens with zero attached hydrogens (tertiary/aromatic N) is 2. The lowest BCUT2D eigenvalue weighted by Crippen LogP contribution is -2.53. The highest BCUT2D eigenvalue weighted by molar-refractivity contribution is 7.38. The molecule has 0 spiro atoms. The second-order valence-corrected chi connectivity index (χ2v) is 8.03. The van der Waals surface area contributed by atoms with Crippen LogP contribution >= 0.6 is 22.7 Å². The minimum absolute atomic E-state index is 0.239. The van der Waals surface area contributed by atoms with Crippen LogP contribution in [0.2, 0.25) is 0 Å². The summed E-state index contributed by atoms with van der Waals surface area (Å²) < 4.78 is 2.02. The van der Waals surface area contributed by atoms with Crippen LogP contribution in [-0.4, -0.2) is 26.7 Å². The molecule has 0 saturated heterocycles. The van der Waals surface area contributed by atoms with Gasteiger partial charge in [-0.1, -0.05) is 5.06 Å². The van der Waals surface area contributed by atoms with Gasteiger partial charge in [-0.3, -0.25) is 4.74 Å². The first-order valence-corrected chi connectivity index (χ1v) is 7.75. The Morgan fingerprint density at radius 2 is 2.00 bits per heavy atom. The van der Waals surface area contributed by atoms with Crippen molar-refractivity contribution in [3.05, 3.63) is 27.6 Å². The maximum atomic E-state index is 12.5. The molecule has 3 heterocycles. The lowest BCUT2D eigenvalue weighted by molar-refractivity contribution is -0.539. The molecule has 4 nitrogen and oxygen atoms in total. The van der Waals surface area contributed by atoms with Gasteiger partial charge >= 0.3 is 5.84 Å². The molecule has 1 radical (unpaired) electrons. The Balaban J connectivity index is 2.19. The second kappa shape index (κ2) is 3.71. The molecular weight excluding hydrogens is 280 g/mol. The molecule has 3 rings (SSSR count). The minimum Gasteiger partial charge on any atom is -0.714 e. The highest BCUT2D eigenvalue weighted by Gasteiger charge is 2.60. The fourth-order valence-corrected chi connectivity index (χ4v) is 4.30. The maximum Gasteiger partial charge on any atom is 0.326 e. The van der Waals surface area contributed by atoms with Crippen molar-refractivity contribution in [2.24, 2.45) is 0 Å². The summed E-state index contributed by atoms with van der Waals surface area (Å²) in [5.41, 5.74) is -1.50. The van der Waals surface area contributed by atoms with E-state index in [4.69, 9.17) is 0 Å².